The van der Waals surface area contributed by atoms with E-state index in [4.69, 9.17) is 0 Å². The van der Waals surface area contributed by atoms with E-state index in [-0.39, 0.29) is 5.41 Å². The monoisotopic (exact) mass is 210 g/mol. The van der Waals surface area contributed by atoms with E-state index in [0.717, 1.165) is 11.4 Å². The smallest absolute Gasteiger partial charge is 0.0680 e. The van der Waals surface area contributed by atoms with Gasteiger partial charge in [0.25, 0.3) is 0 Å². The first-order valence-corrected chi connectivity index (χ1v) is 5.35. The molecule has 1 aromatic rings. The average molecular weight is 210 g/mol. The van der Waals surface area contributed by atoms with E-state index in [9.17, 15) is 5.11 Å². The lowest BCUT2D eigenvalue weighted by Crippen LogP contribution is -2.23. The summed E-state index contributed by atoms with van der Waals surface area (Å²) in [5.74, 6) is 0. The summed E-state index contributed by atoms with van der Waals surface area (Å²) in [5, 5.41) is 14.2. The highest BCUT2D eigenvalue weighted by Gasteiger charge is 2.22. The first-order valence-electron chi connectivity index (χ1n) is 5.35. The van der Waals surface area contributed by atoms with Crippen LogP contribution in [0, 0.1) is 0 Å². The molecule has 1 heterocycles. The van der Waals surface area contributed by atoms with Crippen LogP contribution in [0.1, 0.15) is 46.0 Å². The van der Waals surface area contributed by atoms with Gasteiger partial charge >= 0.3 is 0 Å². The molecule has 0 saturated heterocycles. The fourth-order valence-electron chi connectivity index (χ4n) is 1.48. The van der Waals surface area contributed by atoms with Crippen LogP contribution in [-0.2, 0) is 18.9 Å². The zero-order valence-electron chi connectivity index (χ0n) is 10.6. The van der Waals surface area contributed by atoms with Crippen molar-refractivity contribution in [2.24, 2.45) is 7.05 Å². The van der Waals surface area contributed by atoms with Crippen molar-refractivity contribution in [2.45, 2.75) is 52.1 Å². The van der Waals surface area contributed by atoms with Crippen molar-refractivity contribution in [2.75, 3.05) is 0 Å². The normalized spacial score (nSPS) is 13.3. The van der Waals surface area contributed by atoms with Crippen LogP contribution >= 0.6 is 0 Å². The van der Waals surface area contributed by atoms with Gasteiger partial charge in [0.05, 0.1) is 11.3 Å². The standard InChI is InChI=1S/C12H22N2O/c1-11(2,3)10-7-9(14(6)13-10)8-12(4,5)15/h7,15H,8H2,1-6H3. The first-order chi connectivity index (χ1) is 6.59. The lowest BCUT2D eigenvalue weighted by atomic mass is 9.91. The molecule has 0 bridgehead atoms. The minimum absolute atomic E-state index is 0.0651. The number of hydrogen-bond acceptors (Lipinski definition) is 2. The van der Waals surface area contributed by atoms with E-state index < -0.39 is 5.60 Å². The number of aromatic nitrogens is 2. The van der Waals surface area contributed by atoms with Gasteiger partial charge in [0.2, 0.25) is 0 Å². The minimum Gasteiger partial charge on any atom is -0.390 e. The number of aliphatic hydroxyl groups is 1. The molecule has 0 saturated carbocycles. The second-order valence-corrected chi connectivity index (χ2v) is 5.88. The maximum atomic E-state index is 9.77. The minimum atomic E-state index is -0.678. The van der Waals surface area contributed by atoms with Gasteiger partial charge in [-0.15, -0.1) is 0 Å². The second kappa shape index (κ2) is 3.63. The van der Waals surface area contributed by atoms with Crippen LogP contribution in [0.15, 0.2) is 6.07 Å². The molecule has 3 nitrogen and oxygen atoms in total. The summed E-state index contributed by atoms with van der Waals surface area (Å²) in [5.41, 5.74) is 1.54. The van der Waals surface area contributed by atoms with Gasteiger partial charge in [-0.3, -0.25) is 4.68 Å². The summed E-state index contributed by atoms with van der Waals surface area (Å²) in [7, 11) is 1.93. The van der Waals surface area contributed by atoms with Crippen molar-refractivity contribution in [1.82, 2.24) is 9.78 Å². The Morgan fingerprint density at radius 2 is 1.80 bits per heavy atom. The number of nitrogens with zero attached hydrogens (tertiary/aromatic N) is 2. The molecular formula is C12H22N2O. The van der Waals surface area contributed by atoms with Gasteiger partial charge in [-0.1, -0.05) is 20.8 Å². The van der Waals surface area contributed by atoms with Gasteiger partial charge < -0.3 is 5.11 Å². The Kier molecular flexibility index (Phi) is 2.97. The average Bonchev–Trinajstić information content (AvgIpc) is 2.27. The number of aryl methyl sites for hydroxylation is 1. The van der Waals surface area contributed by atoms with Gasteiger partial charge in [-0.2, -0.15) is 5.10 Å². The largest absolute Gasteiger partial charge is 0.390 e. The van der Waals surface area contributed by atoms with E-state index >= 15 is 0 Å². The Bertz CT molecular complexity index is 339. The van der Waals surface area contributed by atoms with Crippen molar-refractivity contribution in [3.63, 3.8) is 0 Å². The molecule has 1 rings (SSSR count). The van der Waals surface area contributed by atoms with Crippen molar-refractivity contribution in [3.8, 4) is 0 Å². The lowest BCUT2D eigenvalue weighted by molar-refractivity contribution is 0.0789. The predicted molar refractivity (Wildman–Crippen MR) is 61.9 cm³/mol. The first kappa shape index (κ1) is 12.2. The van der Waals surface area contributed by atoms with Gasteiger partial charge in [0.15, 0.2) is 0 Å². The molecule has 0 aliphatic rings. The third-order valence-electron chi connectivity index (χ3n) is 2.36. The summed E-state index contributed by atoms with van der Waals surface area (Å²) in [4.78, 5) is 0. The van der Waals surface area contributed by atoms with Crippen molar-refractivity contribution < 1.29 is 5.11 Å². The molecule has 0 spiro atoms. The predicted octanol–water partition coefficient (Wildman–Crippen LogP) is 2.03. The fraction of sp³-hybridized carbons (Fsp3) is 0.750. The number of hydrogen-bond donors (Lipinski definition) is 1. The highest BCUT2D eigenvalue weighted by molar-refractivity contribution is 5.18. The van der Waals surface area contributed by atoms with Gasteiger partial charge in [0.1, 0.15) is 0 Å². The summed E-state index contributed by atoms with van der Waals surface area (Å²) >= 11 is 0. The quantitative estimate of drug-likeness (QED) is 0.811. The molecule has 86 valence electrons. The molecule has 0 amide bonds. The highest BCUT2D eigenvalue weighted by Crippen LogP contribution is 2.23. The molecular weight excluding hydrogens is 188 g/mol. The van der Waals surface area contributed by atoms with Crippen LogP contribution in [0.3, 0.4) is 0 Å². The van der Waals surface area contributed by atoms with Crippen LogP contribution in [0.5, 0.6) is 0 Å². The molecule has 0 aliphatic heterocycles. The van der Waals surface area contributed by atoms with Crippen LogP contribution < -0.4 is 0 Å². The molecule has 0 atom stereocenters. The Morgan fingerprint density at radius 3 is 2.13 bits per heavy atom. The van der Waals surface area contributed by atoms with E-state index in [1.807, 2.05) is 25.6 Å². The molecule has 3 heteroatoms. The van der Waals surface area contributed by atoms with Crippen molar-refractivity contribution >= 4 is 0 Å². The molecule has 0 aliphatic carbocycles. The van der Waals surface area contributed by atoms with Gasteiger partial charge in [0, 0.05) is 24.6 Å². The third-order valence-corrected chi connectivity index (χ3v) is 2.36. The topological polar surface area (TPSA) is 38.0 Å². The van der Waals surface area contributed by atoms with E-state index in [0.29, 0.717) is 6.42 Å². The van der Waals surface area contributed by atoms with E-state index in [1.54, 1.807) is 0 Å². The molecule has 15 heavy (non-hydrogen) atoms. The second-order valence-electron chi connectivity index (χ2n) is 5.88. The summed E-state index contributed by atoms with van der Waals surface area (Å²) in [6.45, 7) is 10.1. The maximum absolute atomic E-state index is 9.77. The number of rotatable bonds is 2. The third kappa shape index (κ3) is 3.34. The molecule has 0 radical (unpaired) electrons. The zero-order valence-corrected chi connectivity index (χ0v) is 10.6. The SMILES string of the molecule is Cn1nc(C(C)(C)C)cc1CC(C)(C)O. The van der Waals surface area contributed by atoms with Crippen LogP contribution in [0.4, 0.5) is 0 Å². The van der Waals surface area contributed by atoms with Crippen molar-refractivity contribution in [3.05, 3.63) is 17.5 Å². The summed E-state index contributed by atoms with van der Waals surface area (Å²) in [6.07, 6.45) is 0.632. The Balaban J connectivity index is 2.97. The molecule has 1 aromatic heterocycles. The van der Waals surface area contributed by atoms with E-state index in [1.165, 1.54) is 0 Å². The summed E-state index contributed by atoms with van der Waals surface area (Å²) in [6, 6.07) is 2.08. The van der Waals surface area contributed by atoms with Gasteiger partial charge in [-0.05, 0) is 19.9 Å². The Hall–Kier alpha value is -0.830. The van der Waals surface area contributed by atoms with Crippen LogP contribution in [-0.4, -0.2) is 20.5 Å². The van der Waals surface area contributed by atoms with Crippen LogP contribution in [0.2, 0.25) is 0 Å². The fourth-order valence-corrected chi connectivity index (χ4v) is 1.48. The maximum Gasteiger partial charge on any atom is 0.0680 e. The molecule has 0 aromatic carbocycles. The van der Waals surface area contributed by atoms with Crippen LogP contribution in [0.25, 0.3) is 0 Å². The van der Waals surface area contributed by atoms with Crippen molar-refractivity contribution in [1.29, 1.82) is 0 Å². The molecule has 0 fully saturated rings. The van der Waals surface area contributed by atoms with Gasteiger partial charge in [-0.25, -0.2) is 0 Å². The zero-order chi connectivity index (χ0) is 11.9. The lowest BCUT2D eigenvalue weighted by Gasteiger charge is -2.16. The molecule has 0 unspecified atom stereocenters. The molecule has 1 N–H and O–H groups in total. The Morgan fingerprint density at radius 1 is 1.27 bits per heavy atom. The Labute approximate surface area is 92.1 Å². The highest BCUT2D eigenvalue weighted by atomic mass is 16.3. The van der Waals surface area contributed by atoms with E-state index in [2.05, 4.69) is 31.9 Å². The summed E-state index contributed by atoms with van der Waals surface area (Å²) < 4.78 is 1.86.